The lowest BCUT2D eigenvalue weighted by Crippen LogP contribution is -2.37. The number of aliphatic hydroxyl groups excluding tert-OH is 1. The van der Waals surface area contributed by atoms with E-state index < -0.39 is 11.7 Å². The third-order valence-electron chi connectivity index (χ3n) is 2.47. The van der Waals surface area contributed by atoms with Gasteiger partial charge in [-0.05, 0) is 20.8 Å². The molecule has 1 saturated heterocycles. The molecule has 0 radical (unpaired) electrons. The van der Waals surface area contributed by atoms with E-state index >= 15 is 0 Å². The van der Waals surface area contributed by atoms with Crippen molar-refractivity contribution in [1.29, 1.82) is 0 Å². The summed E-state index contributed by atoms with van der Waals surface area (Å²) in [6, 6.07) is 0. The van der Waals surface area contributed by atoms with Gasteiger partial charge in [0.15, 0.2) is 0 Å². The minimum atomic E-state index is -0.480. The fourth-order valence-electron chi connectivity index (χ4n) is 1.60. The third-order valence-corrected chi connectivity index (χ3v) is 2.47. The van der Waals surface area contributed by atoms with Crippen LogP contribution >= 0.6 is 0 Å². The minimum Gasteiger partial charge on any atom is -0.444 e. The second-order valence-corrected chi connectivity index (χ2v) is 5.12. The standard InChI is InChI=1S/C11H21NO4/c1-11(2,3)16-10(14)12-4-8-6-15-7-9(8)5-13/h8-9,13H,4-7H2,1-3H3,(H,12,14)/t8-,9+/m1/s1. The van der Waals surface area contributed by atoms with Crippen molar-refractivity contribution in [2.24, 2.45) is 11.8 Å². The summed E-state index contributed by atoms with van der Waals surface area (Å²) in [4.78, 5) is 11.4. The van der Waals surface area contributed by atoms with Crippen LogP contribution in [-0.2, 0) is 9.47 Å². The first-order chi connectivity index (χ1) is 7.42. The maximum Gasteiger partial charge on any atom is 0.407 e. The number of amides is 1. The smallest absolute Gasteiger partial charge is 0.407 e. The lowest BCUT2D eigenvalue weighted by molar-refractivity contribution is 0.0512. The van der Waals surface area contributed by atoms with Crippen LogP contribution in [-0.4, -0.2) is 43.2 Å². The summed E-state index contributed by atoms with van der Waals surface area (Å²) in [7, 11) is 0. The number of ether oxygens (including phenoxy) is 2. The van der Waals surface area contributed by atoms with Gasteiger partial charge in [0.2, 0.25) is 0 Å². The average Bonchev–Trinajstić information content (AvgIpc) is 2.59. The summed E-state index contributed by atoms with van der Waals surface area (Å²) in [6.07, 6.45) is -0.420. The number of alkyl carbamates (subject to hydrolysis) is 1. The molecule has 1 amide bonds. The third kappa shape index (κ3) is 4.37. The topological polar surface area (TPSA) is 67.8 Å². The van der Waals surface area contributed by atoms with Crippen LogP contribution in [0, 0.1) is 11.8 Å². The second-order valence-electron chi connectivity index (χ2n) is 5.12. The van der Waals surface area contributed by atoms with Gasteiger partial charge in [-0.2, -0.15) is 0 Å². The van der Waals surface area contributed by atoms with Gasteiger partial charge in [0.1, 0.15) is 5.60 Å². The molecule has 94 valence electrons. The predicted octanol–water partition coefficient (Wildman–Crippen LogP) is 0.766. The van der Waals surface area contributed by atoms with E-state index in [0.717, 1.165) is 0 Å². The Morgan fingerprint density at radius 3 is 2.62 bits per heavy atom. The fourth-order valence-corrected chi connectivity index (χ4v) is 1.60. The minimum absolute atomic E-state index is 0.0979. The predicted molar refractivity (Wildman–Crippen MR) is 59.1 cm³/mol. The highest BCUT2D eigenvalue weighted by molar-refractivity contribution is 5.67. The first-order valence-corrected chi connectivity index (χ1v) is 5.58. The molecule has 1 aliphatic heterocycles. The fraction of sp³-hybridized carbons (Fsp3) is 0.909. The van der Waals surface area contributed by atoms with Gasteiger partial charge in [-0.3, -0.25) is 0 Å². The molecule has 5 nitrogen and oxygen atoms in total. The van der Waals surface area contributed by atoms with E-state index in [2.05, 4.69) is 5.32 Å². The van der Waals surface area contributed by atoms with Crippen LogP contribution in [0.2, 0.25) is 0 Å². The van der Waals surface area contributed by atoms with Crippen LogP contribution in [0.15, 0.2) is 0 Å². The Morgan fingerprint density at radius 2 is 2.06 bits per heavy atom. The monoisotopic (exact) mass is 231 g/mol. The van der Waals surface area contributed by atoms with Gasteiger partial charge in [-0.1, -0.05) is 0 Å². The maximum atomic E-state index is 11.4. The lowest BCUT2D eigenvalue weighted by Gasteiger charge is -2.21. The Kier molecular flexibility index (Phi) is 4.56. The molecule has 2 atom stereocenters. The van der Waals surface area contributed by atoms with Crippen molar-refractivity contribution < 1.29 is 19.4 Å². The van der Waals surface area contributed by atoms with Crippen molar-refractivity contribution in [3.05, 3.63) is 0 Å². The molecule has 1 heterocycles. The normalized spacial score (nSPS) is 25.5. The van der Waals surface area contributed by atoms with E-state index in [4.69, 9.17) is 14.6 Å². The van der Waals surface area contributed by atoms with Crippen molar-refractivity contribution >= 4 is 6.09 Å². The molecule has 0 unspecified atom stereocenters. The molecule has 0 saturated carbocycles. The molecular weight excluding hydrogens is 210 g/mol. The Bertz CT molecular complexity index is 237. The summed E-state index contributed by atoms with van der Waals surface area (Å²) in [5.41, 5.74) is -0.480. The van der Waals surface area contributed by atoms with Crippen LogP contribution in [0.25, 0.3) is 0 Å². The van der Waals surface area contributed by atoms with E-state index in [0.29, 0.717) is 19.8 Å². The Labute approximate surface area is 96.1 Å². The van der Waals surface area contributed by atoms with E-state index in [-0.39, 0.29) is 18.4 Å². The first kappa shape index (κ1) is 13.3. The summed E-state index contributed by atoms with van der Waals surface area (Å²) in [6.45, 7) is 7.20. The number of hydrogen-bond donors (Lipinski definition) is 2. The molecule has 2 N–H and O–H groups in total. The first-order valence-electron chi connectivity index (χ1n) is 5.58. The largest absolute Gasteiger partial charge is 0.444 e. The molecule has 0 aliphatic carbocycles. The van der Waals surface area contributed by atoms with Crippen molar-refractivity contribution in [1.82, 2.24) is 5.32 Å². The van der Waals surface area contributed by atoms with Gasteiger partial charge in [0.05, 0.1) is 13.2 Å². The van der Waals surface area contributed by atoms with Crippen LogP contribution < -0.4 is 5.32 Å². The molecule has 0 aromatic carbocycles. The highest BCUT2D eigenvalue weighted by Crippen LogP contribution is 2.19. The number of rotatable bonds is 3. The zero-order chi connectivity index (χ0) is 12.2. The van der Waals surface area contributed by atoms with Crippen LogP contribution in [0.3, 0.4) is 0 Å². The van der Waals surface area contributed by atoms with E-state index in [1.165, 1.54) is 0 Å². The quantitative estimate of drug-likeness (QED) is 0.752. The molecule has 16 heavy (non-hydrogen) atoms. The van der Waals surface area contributed by atoms with E-state index in [9.17, 15) is 4.79 Å². The second kappa shape index (κ2) is 5.50. The Hall–Kier alpha value is -0.810. The number of carbonyl (C=O) groups is 1. The van der Waals surface area contributed by atoms with E-state index in [1.807, 2.05) is 20.8 Å². The van der Waals surface area contributed by atoms with Crippen molar-refractivity contribution in [2.75, 3.05) is 26.4 Å². The molecule has 1 aliphatic rings. The lowest BCUT2D eigenvalue weighted by atomic mass is 9.97. The summed E-state index contributed by atoms with van der Waals surface area (Å²) >= 11 is 0. The van der Waals surface area contributed by atoms with Gasteiger partial charge in [-0.15, -0.1) is 0 Å². The molecule has 0 aromatic heterocycles. The van der Waals surface area contributed by atoms with Crippen LogP contribution in [0.5, 0.6) is 0 Å². The average molecular weight is 231 g/mol. The van der Waals surface area contributed by atoms with Crippen molar-refractivity contribution in [2.45, 2.75) is 26.4 Å². The highest BCUT2D eigenvalue weighted by Gasteiger charge is 2.28. The van der Waals surface area contributed by atoms with Crippen LogP contribution in [0.1, 0.15) is 20.8 Å². The van der Waals surface area contributed by atoms with Gasteiger partial charge >= 0.3 is 6.09 Å². The van der Waals surface area contributed by atoms with E-state index in [1.54, 1.807) is 0 Å². The van der Waals surface area contributed by atoms with Gasteiger partial charge in [-0.25, -0.2) is 4.79 Å². The van der Waals surface area contributed by atoms with Crippen molar-refractivity contribution in [3.63, 3.8) is 0 Å². The summed E-state index contributed by atoms with van der Waals surface area (Å²) < 4.78 is 10.4. The Balaban J connectivity index is 2.26. The molecule has 5 heteroatoms. The van der Waals surface area contributed by atoms with Gasteiger partial charge in [0.25, 0.3) is 0 Å². The molecule has 0 bridgehead atoms. The number of nitrogens with one attached hydrogen (secondary N) is 1. The molecule has 0 spiro atoms. The maximum absolute atomic E-state index is 11.4. The molecule has 1 rings (SSSR count). The number of hydrogen-bond acceptors (Lipinski definition) is 4. The Morgan fingerprint density at radius 1 is 1.44 bits per heavy atom. The summed E-state index contributed by atoms with van der Waals surface area (Å²) in [5, 5.41) is 11.8. The molecule has 1 fully saturated rings. The SMILES string of the molecule is CC(C)(C)OC(=O)NC[C@@H]1COC[C@@H]1CO. The van der Waals surface area contributed by atoms with Gasteiger partial charge in [0, 0.05) is 25.0 Å². The summed E-state index contributed by atoms with van der Waals surface area (Å²) in [5.74, 6) is 0.299. The van der Waals surface area contributed by atoms with Crippen LogP contribution in [0.4, 0.5) is 4.79 Å². The zero-order valence-electron chi connectivity index (χ0n) is 10.2. The molecule has 0 aromatic rings. The van der Waals surface area contributed by atoms with Crippen molar-refractivity contribution in [3.8, 4) is 0 Å². The number of aliphatic hydroxyl groups is 1. The number of carbonyl (C=O) groups excluding carboxylic acids is 1. The zero-order valence-corrected chi connectivity index (χ0v) is 10.2. The molecular formula is C11H21NO4. The van der Waals surface area contributed by atoms with Gasteiger partial charge < -0.3 is 19.9 Å². The highest BCUT2D eigenvalue weighted by atomic mass is 16.6.